The second kappa shape index (κ2) is 8.13. The predicted molar refractivity (Wildman–Crippen MR) is 93.2 cm³/mol. The van der Waals surface area contributed by atoms with Crippen molar-refractivity contribution in [2.24, 2.45) is 13.0 Å². The Morgan fingerprint density at radius 3 is 2.88 bits per heavy atom. The molecule has 1 saturated heterocycles. The van der Waals surface area contributed by atoms with Crippen molar-refractivity contribution in [1.29, 1.82) is 0 Å². The minimum atomic E-state index is -0.0867. The fourth-order valence-electron chi connectivity index (χ4n) is 3.12. The molecular formula is C18H24N4O3. The quantitative estimate of drug-likeness (QED) is 0.677. The molecule has 7 nitrogen and oxygen atoms in total. The number of nitrogens with one attached hydrogen (secondary N) is 2. The molecule has 0 aliphatic carbocycles. The van der Waals surface area contributed by atoms with E-state index in [2.05, 4.69) is 15.7 Å². The average Bonchev–Trinajstić information content (AvgIpc) is 3.27. The summed E-state index contributed by atoms with van der Waals surface area (Å²) >= 11 is 0. The molecule has 2 aromatic rings. The van der Waals surface area contributed by atoms with Crippen molar-refractivity contribution in [2.75, 3.05) is 26.3 Å². The molecular weight excluding hydrogens is 320 g/mol. The number of aliphatic hydroxyl groups excluding tert-OH is 1. The first-order valence-corrected chi connectivity index (χ1v) is 8.47. The van der Waals surface area contributed by atoms with Gasteiger partial charge in [0.2, 0.25) is 5.91 Å². The number of hydrogen-bond donors (Lipinski definition) is 3. The summed E-state index contributed by atoms with van der Waals surface area (Å²) in [6, 6.07) is 7.51. The molecule has 0 unspecified atom stereocenters. The van der Waals surface area contributed by atoms with Gasteiger partial charge in [-0.05, 0) is 23.3 Å². The Labute approximate surface area is 147 Å². The molecule has 0 radical (unpaired) electrons. The summed E-state index contributed by atoms with van der Waals surface area (Å²) in [5.41, 5.74) is 2.10. The lowest BCUT2D eigenvalue weighted by Crippen LogP contribution is -2.33. The third kappa shape index (κ3) is 4.37. The van der Waals surface area contributed by atoms with Gasteiger partial charge >= 0.3 is 0 Å². The monoisotopic (exact) mass is 344 g/mol. The molecule has 25 heavy (non-hydrogen) atoms. The Morgan fingerprint density at radius 1 is 1.40 bits per heavy atom. The minimum absolute atomic E-state index is 0.00860. The molecule has 3 rings (SSSR count). The third-order valence-electron chi connectivity index (χ3n) is 4.45. The van der Waals surface area contributed by atoms with Crippen molar-refractivity contribution < 1.29 is 14.6 Å². The molecule has 2 heterocycles. The topological polar surface area (TPSA) is 88.4 Å². The van der Waals surface area contributed by atoms with Crippen molar-refractivity contribution in [3.8, 4) is 5.75 Å². The van der Waals surface area contributed by atoms with Gasteiger partial charge in [-0.15, -0.1) is 0 Å². The Hall–Kier alpha value is -2.38. The van der Waals surface area contributed by atoms with Crippen LogP contribution in [-0.4, -0.2) is 47.1 Å². The van der Waals surface area contributed by atoms with E-state index < -0.39 is 0 Å². The highest BCUT2D eigenvalue weighted by Gasteiger charge is 2.34. The highest BCUT2D eigenvalue weighted by molar-refractivity contribution is 5.80. The number of aryl methyl sites for hydroxylation is 1. The zero-order chi connectivity index (χ0) is 17.6. The van der Waals surface area contributed by atoms with Crippen LogP contribution in [0.5, 0.6) is 5.75 Å². The number of amides is 1. The summed E-state index contributed by atoms with van der Waals surface area (Å²) in [6.07, 6.45) is 3.81. The third-order valence-corrected chi connectivity index (χ3v) is 4.45. The van der Waals surface area contributed by atoms with E-state index >= 15 is 0 Å². The fourth-order valence-corrected chi connectivity index (χ4v) is 3.12. The lowest BCUT2D eigenvalue weighted by molar-refractivity contribution is -0.125. The van der Waals surface area contributed by atoms with Gasteiger partial charge in [0, 0.05) is 38.8 Å². The number of ether oxygens (including phenoxy) is 1. The molecule has 2 atom stereocenters. The van der Waals surface area contributed by atoms with Crippen LogP contribution in [0.3, 0.4) is 0 Å². The first-order chi connectivity index (χ1) is 12.2. The van der Waals surface area contributed by atoms with Crippen LogP contribution in [0.15, 0.2) is 36.7 Å². The van der Waals surface area contributed by atoms with Gasteiger partial charge in [0.15, 0.2) is 0 Å². The maximum absolute atomic E-state index is 12.6. The Kier molecular flexibility index (Phi) is 5.67. The molecule has 1 aromatic carbocycles. The van der Waals surface area contributed by atoms with Gasteiger partial charge in [0.1, 0.15) is 12.4 Å². The Morgan fingerprint density at radius 2 is 2.20 bits per heavy atom. The highest BCUT2D eigenvalue weighted by atomic mass is 16.5. The molecule has 134 valence electrons. The van der Waals surface area contributed by atoms with E-state index in [1.165, 1.54) is 0 Å². The fraction of sp³-hybridized carbons (Fsp3) is 0.444. The molecule has 1 aliphatic heterocycles. The van der Waals surface area contributed by atoms with E-state index in [4.69, 9.17) is 9.84 Å². The molecule has 0 saturated carbocycles. The van der Waals surface area contributed by atoms with Crippen molar-refractivity contribution >= 4 is 5.91 Å². The number of benzene rings is 1. The van der Waals surface area contributed by atoms with E-state index in [0.29, 0.717) is 18.8 Å². The smallest absolute Gasteiger partial charge is 0.225 e. The molecule has 0 spiro atoms. The summed E-state index contributed by atoms with van der Waals surface area (Å²) in [7, 11) is 1.88. The Balaban J connectivity index is 1.55. The summed E-state index contributed by atoms with van der Waals surface area (Å²) in [6.45, 7) is 2.22. The van der Waals surface area contributed by atoms with Gasteiger partial charge in [-0.3, -0.25) is 9.48 Å². The largest absolute Gasteiger partial charge is 0.491 e. The second-order valence-corrected chi connectivity index (χ2v) is 6.25. The standard InChI is InChI=1S/C18H24N4O3/c1-22-12-14(9-21-22)16-10-19-11-17(16)18(24)20-8-13-2-4-15(5-3-13)25-7-6-23/h2-5,9,12,16-17,19,23H,6-8,10-11H2,1H3,(H,20,24)/t16-,17+/m1/s1. The van der Waals surface area contributed by atoms with Gasteiger partial charge in [0.05, 0.1) is 18.7 Å². The Bertz CT molecular complexity index is 699. The average molecular weight is 344 g/mol. The number of aromatic nitrogens is 2. The van der Waals surface area contributed by atoms with Crippen molar-refractivity contribution in [2.45, 2.75) is 12.5 Å². The second-order valence-electron chi connectivity index (χ2n) is 6.25. The predicted octanol–water partition coefficient (Wildman–Crippen LogP) is 0.411. The molecule has 0 bridgehead atoms. The maximum atomic E-state index is 12.6. The first-order valence-electron chi connectivity index (χ1n) is 8.47. The summed E-state index contributed by atoms with van der Waals surface area (Å²) in [5.74, 6) is 0.833. The first kappa shape index (κ1) is 17.4. The van der Waals surface area contributed by atoms with Crippen LogP contribution in [0.4, 0.5) is 0 Å². The van der Waals surface area contributed by atoms with Crippen LogP contribution < -0.4 is 15.4 Å². The number of nitrogens with zero attached hydrogens (tertiary/aromatic N) is 2. The molecule has 1 aromatic heterocycles. The SMILES string of the molecule is Cn1cc([C@H]2CNC[C@@H]2C(=O)NCc2ccc(OCCO)cc2)cn1. The molecule has 3 N–H and O–H groups in total. The van der Waals surface area contributed by atoms with Gasteiger partial charge in [0.25, 0.3) is 0 Å². The van der Waals surface area contributed by atoms with E-state index in [1.807, 2.05) is 43.7 Å². The molecule has 1 fully saturated rings. The number of rotatable bonds is 7. The summed E-state index contributed by atoms with van der Waals surface area (Å²) in [4.78, 5) is 12.6. The van der Waals surface area contributed by atoms with Gasteiger partial charge in [-0.25, -0.2) is 0 Å². The van der Waals surface area contributed by atoms with Gasteiger partial charge in [-0.1, -0.05) is 12.1 Å². The lowest BCUT2D eigenvalue weighted by Gasteiger charge is -2.17. The van der Waals surface area contributed by atoms with Crippen LogP contribution in [0, 0.1) is 5.92 Å². The normalized spacial score (nSPS) is 19.8. The summed E-state index contributed by atoms with van der Waals surface area (Å²) < 4.78 is 7.10. The zero-order valence-corrected chi connectivity index (χ0v) is 14.3. The zero-order valence-electron chi connectivity index (χ0n) is 14.3. The van der Waals surface area contributed by atoms with E-state index in [1.54, 1.807) is 4.68 Å². The van der Waals surface area contributed by atoms with Crippen LogP contribution in [0.2, 0.25) is 0 Å². The maximum Gasteiger partial charge on any atom is 0.225 e. The van der Waals surface area contributed by atoms with Crippen LogP contribution in [-0.2, 0) is 18.4 Å². The van der Waals surface area contributed by atoms with E-state index in [-0.39, 0.29) is 31.0 Å². The molecule has 1 amide bonds. The summed E-state index contributed by atoms with van der Waals surface area (Å²) in [5, 5.41) is 19.3. The van der Waals surface area contributed by atoms with Gasteiger partial charge < -0.3 is 20.5 Å². The highest BCUT2D eigenvalue weighted by Crippen LogP contribution is 2.28. The van der Waals surface area contributed by atoms with Crippen LogP contribution in [0.1, 0.15) is 17.0 Å². The van der Waals surface area contributed by atoms with Crippen molar-refractivity contribution in [3.05, 3.63) is 47.8 Å². The molecule has 1 aliphatic rings. The lowest BCUT2D eigenvalue weighted by atomic mass is 9.90. The number of aliphatic hydroxyl groups is 1. The van der Waals surface area contributed by atoms with Gasteiger partial charge in [-0.2, -0.15) is 5.10 Å². The minimum Gasteiger partial charge on any atom is -0.491 e. The van der Waals surface area contributed by atoms with Crippen molar-refractivity contribution in [3.63, 3.8) is 0 Å². The van der Waals surface area contributed by atoms with Crippen LogP contribution >= 0.6 is 0 Å². The number of hydrogen-bond acceptors (Lipinski definition) is 5. The van der Waals surface area contributed by atoms with Crippen molar-refractivity contribution in [1.82, 2.24) is 20.4 Å². The molecule has 7 heteroatoms. The van der Waals surface area contributed by atoms with E-state index in [0.717, 1.165) is 17.7 Å². The number of carbonyl (C=O) groups excluding carboxylic acids is 1. The van der Waals surface area contributed by atoms with Crippen LogP contribution in [0.25, 0.3) is 0 Å². The van der Waals surface area contributed by atoms with E-state index in [9.17, 15) is 4.79 Å². The number of carbonyl (C=O) groups is 1.